The zero-order chi connectivity index (χ0) is 5.98. The van der Waals surface area contributed by atoms with E-state index < -0.39 is 5.97 Å². The molecule has 0 N–H and O–H groups in total. The third kappa shape index (κ3) is 0.549. The normalized spacial score (nSPS) is 16.0. The van der Waals surface area contributed by atoms with Crippen molar-refractivity contribution in [2.75, 3.05) is 0 Å². The highest BCUT2D eigenvalue weighted by molar-refractivity contribution is 6.01. The molecule has 0 spiro atoms. The van der Waals surface area contributed by atoms with E-state index in [0.29, 0.717) is 0 Å². The van der Waals surface area contributed by atoms with Crippen molar-refractivity contribution in [3.63, 3.8) is 0 Å². The van der Waals surface area contributed by atoms with E-state index in [4.69, 9.17) is 0 Å². The molecule has 3 nitrogen and oxygen atoms in total. The Morgan fingerprint density at radius 3 is 2.62 bits per heavy atom. The predicted molar refractivity (Wildman–Crippen MR) is 24.4 cm³/mol. The average Bonchev–Trinajstić information content (AvgIpc) is 2.14. The molecule has 3 heteroatoms. The molecule has 0 aromatic rings. The minimum atomic E-state index is -0.625. The molecule has 0 atom stereocenters. The molecule has 0 radical (unpaired) electrons. The van der Waals surface area contributed by atoms with Crippen molar-refractivity contribution >= 4 is 11.9 Å². The van der Waals surface area contributed by atoms with E-state index in [9.17, 15) is 9.59 Å². The molecule has 0 amide bonds. The lowest BCUT2D eigenvalue weighted by atomic mass is 10.3. The van der Waals surface area contributed by atoms with E-state index in [0.717, 1.165) is 6.26 Å². The Balaban J connectivity index is 2.99. The van der Waals surface area contributed by atoms with Crippen LogP contribution in [0.1, 0.15) is 0 Å². The van der Waals surface area contributed by atoms with Crippen LogP contribution in [0.3, 0.4) is 0 Å². The molecule has 0 saturated heterocycles. The van der Waals surface area contributed by atoms with Gasteiger partial charge in [-0.3, -0.25) is 0 Å². The number of carbonyl (C=O) groups excluding carboxylic acids is 2. The first-order valence-corrected chi connectivity index (χ1v) is 1.97. The van der Waals surface area contributed by atoms with Crippen molar-refractivity contribution in [1.82, 2.24) is 0 Å². The Kier molecular flexibility index (Phi) is 0.985. The fraction of sp³-hybridized carbons (Fsp3) is 0. The summed E-state index contributed by atoms with van der Waals surface area (Å²) in [6.07, 6.45) is 2.43. The van der Waals surface area contributed by atoms with Gasteiger partial charge in [0.2, 0.25) is 0 Å². The summed E-state index contributed by atoms with van der Waals surface area (Å²) in [5.74, 6) is 0.794. The maximum atomic E-state index is 10.2. The molecule has 0 aromatic carbocycles. The van der Waals surface area contributed by atoms with E-state index in [1.165, 1.54) is 12.0 Å². The van der Waals surface area contributed by atoms with Crippen LogP contribution in [-0.2, 0) is 14.3 Å². The quantitative estimate of drug-likeness (QED) is 0.246. The number of rotatable bonds is 0. The molecule has 0 aliphatic carbocycles. The molecule has 8 heavy (non-hydrogen) atoms. The molecular weight excluding hydrogens is 108 g/mol. The van der Waals surface area contributed by atoms with Crippen LogP contribution in [0.15, 0.2) is 17.9 Å². The molecule has 1 aliphatic rings. The fourth-order valence-corrected chi connectivity index (χ4v) is 0.371. The third-order valence-electron chi connectivity index (χ3n) is 0.740. The molecule has 1 rings (SSSR count). The Labute approximate surface area is 45.3 Å². The van der Waals surface area contributed by atoms with E-state index >= 15 is 0 Å². The second kappa shape index (κ2) is 1.64. The van der Waals surface area contributed by atoms with Crippen LogP contribution in [0.4, 0.5) is 0 Å². The lowest BCUT2D eigenvalue weighted by Crippen LogP contribution is -1.94. The second-order valence-electron chi connectivity index (χ2n) is 1.22. The molecule has 1 heterocycles. The highest BCUT2D eigenvalue weighted by Gasteiger charge is 2.12. The van der Waals surface area contributed by atoms with Gasteiger partial charge in [-0.2, -0.15) is 0 Å². The van der Waals surface area contributed by atoms with Gasteiger partial charge in [0.1, 0.15) is 11.5 Å². The maximum absolute atomic E-state index is 10.2. The first-order valence-electron chi connectivity index (χ1n) is 1.97. The monoisotopic (exact) mass is 110 g/mol. The summed E-state index contributed by atoms with van der Waals surface area (Å²) in [5.41, 5.74) is -0.0509. The summed E-state index contributed by atoms with van der Waals surface area (Å²) in [5, 5.41) is 0. The molecule has 0 bridgehead atoms. The third-order valence-corrected chi connectivity index (χ3v) is 0.740. The van der Waals surface area contributed by atoms with Gasteiger partial charge in [0.25, 0.3) is 0 Å². The molecule has 0 fully saturated rings. The largest absolute Gasteiger partial charge is 0.430 e. The zero-order valence-electron chi connectivity index (χ0n) is 3.88. The average molecular weight is 110 g/mol. The zero-order valence-corrected chi connectivity index (χ0v) is 3.88. The number of esters is 1. The van der Waals surface area contributed by atoms with E-state index in [1.807, 2.05) is 0 Å². The Bertz CT molecular complexity index is 196. The molecule has 1 aliphatic heterocycles. The van der Waals surface area contributed by atoms with Gasteiger partial charge in [-0.25, -0.2) is 9.59 Å². The topological polar surface area (TPSA) is 43.4 Å². The van der Waals surface area contributed by atoms with Crippen molar-refractivity contribution < 1.29 is 14.3 Å². The highest BCUT2D eigenvalue weighted by atomic mass is 16.5. The Morgan fingerprint density at radius 1 is 1.62 bits per heavy atom. The van der Waals surface area contributed by atoms with E-state index in [-0.39, 0.29) is 5.57 Å². The lowest BCUT2D eigenvalue weighted by Gasteiger charge is -1.80. The minimum Gasteiger partial charge on any atom is -0.430 e. The number of ether oxygens (including phenoxy) is 1. The number of hydrogen-bond donors (Lipinski definition) is 0. The summed E-state index contributed by atoms with van der Waals surface area (Å²) >= 11 is 0. The smallest absolute Gasteiger partial charge is 0.354 e. The maximum Gasteiger partial charge on any atom is 0.354 e. The van der Waals surface area contributed by atoms with Crippen LogP contribution < -0.4 is 0 Å². The SMILES string of the molecule is O=C=C1C=COC1=O. The second-order valence-corrected chi connectivity index (χ2v) is 1.22. The summed E-state index contributed by atoms with van der Waals surface area (Å²) in [7, 11) is 0. The molecular formula is C5H2O3. The minimum absolute atomic E-state index is 0.0509. The van der Waals surface area contributed by atoms with Crippen LogP contribution in [0.25, 0.3) is 0 Å². The van der Waals surface area contributed by atoms with Crippen molar-refractivity contribution in [1.29, 1.82) is 0 Å². The number of cyclic esters (lactones) is 1. The predicted octanol–water partition coefficient (Wildman–Crippen LogP) is -0.185. The Morgan fingerprint density at radius 2 is 2.38 bits per heavy atom. The molecule has 0 saturated carbocycles. The summed E-state index contributed by atoms with van der Waals surface area (Å²) in [6.45, 7) is 0. The first-order chi connectivity index (χ1) is 3.84. The molecule has 0 unspecified atom stereocenters. The van der Waals surface area contributed by atoms with Gasteiger partial charge in [0, 0.05) is 0 Å². The van der Waals surface area contributed by atoms with Gasteiger partial charge in [-0.1, -0.05) is 0 Å². The lowest BCUT2D eigenvalue weighted by molar-refractivity contribution is -0.131. The summed E-state index contributed by atoms with van der Waals surface area (Å²) in [4.78, 5) is 19.9. The van der Waals surface area contributed by atoms with Gasteiger partial charge in [-0.05, 0) is 6.08 Å². The van der Waals surface area contributed by atoms with Gasteiger partial charge >= 0.3 is 5.97 Å². The number of carbonyl (C=O) groups is 1. The van der Waals surface area contributed by atoms with E-state index in [2.05, 4.69) is 4.74 Å². The van der Waals surface area contributed by atoms with Gasteiger partial charge in [0.15, 0.2) is 0 Å². The van der Waals surface area contributed by atoms with Crippen LogP contribution in [0, 0.1) is 0 Å². The van der Waals surface area contributed by atoms with Crippen LogP contribution in [0.2, 0.25) is 0 Å². The van der Waals surface area contributed by atoms with Crippen molar-refractivity contribution in [2.24, 2.45) is 0 Å². The first kappa shape index (κ1) is 4.81. The summed E-state index contributed by atoms with van der Waals surface area (Å²) in [6, 6.07) is 0. The van der Waals surface area contributed by atoms with Crippen LogP contribution in [0.5, 0.6) is 0 Å². The van der Waals surface area contributed by atoms with E-state index in [1.54, 1.807) is 0 Å². The fourth-order valence-electron chi connectivity index (χ4n) is 0.371. The molecule has 40 valence electrons. The standard InChI is InChI=1S/C5H2O3/c6-3-4-1-2-8-5(4)7/h1-2H. The van der Waals surface area contributed by atoms with Crippen LogP contribution in [-0.4, -0.2) is 11.9 Å². The van der Waals surface area contributed by atoms with Gasteiger partial charge < -0.3 is 4.74 Å². The van der Waals surface area contributed by atoms with Crippen LogP contribution >= 0.6 is 0 Å². The highest BCUT2D eigenvalue weighted by Crippen LogP contribution is 2.03. The Hall–Kier alpha value is -1.34. The number of hydrogen-bond acceptors (Lipinski definition) is 3. The molecule has 0 aromatic heterocycles. The van der Waals surface area contributed by atoms with Crippen molar-refractivity contribution in [2.45, 2.75) is 0 Å². The van der Waals surface area contributed by atoms with Crippen molar-refractivity contribution in [3.05, 3.63) is 17.9 Å². The summed E-state index contributed by atoms with van der Waals surface area (Å²) < 4.78 is 4.24. The van der Waals surface area contributed by atoms with Gasteiger partial charge in [-0.15, -0.1) is 0 Å². The van der Waals surface area contributed by atoms with Gasteiger partial charge in [0.05, 0.1) is 6.26 Å². The van der Waals surface area contributed by atoms with Crippen molar-refractivity contribution in [3.8, 4) is 0 Å².